The van der Waals surface area contributed by atoms with E-state index in [9.17, 15) is 0 Å². The fraction of sp³-hybridized carbons (Fsp3) is 0.105. The Morgan fingerprint density at radius 2 is 1.92 bits per heavy atom. The standard InChI is InChI=1S/C19H15N5OS/c1-2-6-14(7-3-1)24-18-13(11-21-24)10-20-19(23-18)26-12-17-22-15-8-4-5-9-16(15)25-17/h1-9,11H,10,12H2,(H,20,23). The van der Waals surface area contributed by atoms with Gasteiger partial charge in [0.15, 0.2) is 16.6 Å². The van der Waals surface area contributed by atoms with Crippen molar-refractivity contribution in [2.75, 3.05) is 0 Å². The third-order valence-electron chi connectivity index (χ3n) is 4.13. The lowest BCUT2D eigenvalue weighted by atomic mass is 10.3. The number of rotatable bonds is 3. The molecule has 0 saturated carbocycles. The van der Waals surface area contributed by atoms with Crippen molar-refractivity contribution in [1.82, 2.24) is 20.1 Å². The molecule has 0 saturated heterocycles. The predicted molar refractivity (Wildman–Crippen MR) is 103 cm³/mol. The van der Waals surface area contributed by atoms with E-state index >= 15 is 0 Å². The number of nitrogens with zero attached hydrogens (tertiary/aromatic N) is 4. The first-order valence-electron chi connectivity index (χ1n) is 8.29. The molecular formula is C19H15N5OS. The zero-order chi connectivity index (χ0) is 17.3. The number of hydrogen-bond acceptors (Lipinski definition) is 6. The number of thioether (sulfide) groups is 1. The minimum atomic E-state index is 0.620. The predicted octanol–water partition coefficient (Wildman–Crippen LogP) is 4.04. The smallest absolute Gasteiger partial charge is 0.205 e. The molecule has 1 aliphatic heterocycles. The summed E-state index contributed by atoms with van der Waals surface area (Å²) >= 11 is 1.58. The second-order valence-electron chi connectivity index (χ2n) is 5.88. The molecule has 0 unspecified atom stereocenters. The number of aromatic nitrogens is 3. The van der Waals surface area contributed by atoms with Crippen LogP contribution in [-0.4, -0.2) is 19.9 Å². The maximum absolute atomic E-state index is 5.77. The Kier molecular flexibility index (Phi) is 3.71. The highest BCUT2D eigenvalue weighted by Gasteiger charge is 2.18. The molecule has 2 aromatic heterocycles. The molecular weight excluding hydrogens is 346 g/mol. The Morgan fingerprint density at radius 1 is 1.08 bits per heavy atom. The first-order chi connectivity index (χ1) is 12.9. The van der Waals surface area contributed by atoms with Gasteiger partial charge in [-0.05, 0) is 24.3 Å². The first-order valence-corrected chi connectivity index (χ1v) is 9.27. The van der Waals surface area contributed by atoms with Gasteiger partial charge in [0.05, 0.1) is 17.6 Å². The highest BCUT2D eigenvalue weighted by Crippen LogP contribution is 2.28. The molecule has 0 aliphatic carbocycles. The third kappa shape index (κ3) is 2.76. The van der Waals surface area contributed by atoms with E-state index in [-0.39, 0.29) is 0 Å². The van der Waals surface area contributed by atoms with Crippen molar-refractivity contribution in [2.45, 2.75) is 12.3 Å². The Labute approximate surface area is 154 Å². The van der Waals surface area contributed by atoms with E-state index in [2.05, 4.69) is 15.4 Å². The molecule has 7 heteroatoms. The number of fused-ring (bicyclic) bond motifs is 2. The normalized spacial score (nSPS) is 13.3. The van der Waals surface area contributed by atoms with Crippen LogP contribution in [0.1, 0.15) is 11.5 Å². The van der Waals surface area contributed by atoms with Crippen LogP contribution in [0, 0.1) is 0 Å². The van der Waals surface area contributed by atoms with Crippen LogP contribution in [0.15, 0.2) is 70.2 Å². The van der Waals surface area contributed by atoms with E-state index in [1.54, 1.807) is 11.8 Å². The number of oxazole rings is 1. The lowest BCUT2D eigenvalue weighted by molar-refractivity contribution is 0.556. The maximum Gasteiger partial charge on any atom is 0.205 e. The van der Waals surface area contributed by atoms with Gasteiger partial charge in [-0.3, -0.25) is 0 Å². The summed E-state index contributed by atoms with van der Waals surface area (Å²) in [5.41, 5.74) is 3.78. The zero-order valence-electron chi connectivity index (χ0n) is 13.8. The van der Waals surface area contributed by atoms with Gasteiger partial charge in [0.2, 0.25) is 5.89 Å². The van der Waals surface area contributed by atoms with Gasteiger partial charge in [-0.25, -0.2) is 14.7 Å². The second kappa shape index (κ2) is 6.34. The Hall–Kier alpha value is -3.06. The highest BCUT2D eigenvalue weighted by atomic mass is 32.2. The summed E-state index contributed by atoms with van der Waals surface area (Å²) in [5, 5.41) is 8.66. The zero-order valence-corrected chi connectivity index (χ0v) is 14.6. The van der Waals surface area contributed by atoms with E-state index in [0.717, 1.165) is 33.3 Å². The number of amidine groups is 1. The van der Waals surface area contributed by atoms with Crippen LogP contribution in [0.4, 0.5) is 5.82 Å². The van der Waals surface area contributed by atoms with Crippen molar-refractivity contribution < 1.29 is 4.42 Å². The topological polar surface area (TPSA) is 68.2 Å². The Balaban J connectivity index is 1.39. The third-order valence-corrected chi connectivity index (χ3v) is 5.03. The van der Waals surface area contributed by atoms with Crippen molar-refractivity contribution in [3.8, 4) is 5.69 Å². The summed E-state index contributed by atoms with van der Waals surface area (Å²) in [5.74, 6) is 2.19. The van der Waals surface area contributed by atoms with Crippen LogP contribution in [0.25, 0.3) is 16.8 Å². The molecule has 0 amide bonds. The SMILES string of the molecule is c1ccc(-n2ncc3c2N=C(SCc2nc4ccccc4o2)NC3)cc1. The minimum Gasteiger partial charge on any atom is -0.440 e. The second-order valence-corrected chi connectivity index (χ2v) is 6.84. The summed E-state index contributed by atoms with van der Waals surface area (Å²) in [6.07, 6.45) is 1.86. The monoisotopic (exact) mass is 361 g/mol. The van der Waals surface area contributed by atoms with Crippen molar-refractivity contribution >= 4 is 33.8 Å². The van der Waals surface area contributed by atoms with Gasteiger partial charge < -0.3 is 9.73 Å². The van der Waals surface area contributed by atoms with Crippen LogP contribution < -0.4 is 5.32 Å². The fourth-order valence-electron chi connectivity index (χ4n) is 2.88. The largest absolute Gasteiger partial charge is 0.440 e. The van der Waals surface area contributed by atoms with E-state index in [1.165, 1.54) is 0 Å². The van der Waals surface area contributed by atoms with E-state index in [4.69, 9.17) is 9.41 Å². The summed E-state index contributed by atoms with van der Waals surface area (Å²) in [4.78, 5) is 9.26. The molecule has 3 heterocycles. The summed E-state index contributed by atoms with van der Waals surface area (Å²) in [6, 6.07) is 17.8. The van der Waals surface area contributed by atoms with Crippen LogP contribution in [0.2, 0.25) is 0 Å². The van der Waals surface area contributed by atoms with Gasteiger partial charge in [0.25, 0.3) is 0 Å². The average Bonchev–Trinajstić information content (AvgIpc) is 3.30. The van der Waals surface area contributed by atoms with Crippen LogP contribution in [0.3, 0.4) is 0 Å². The van der Waals surface area contributed by atoms with Crippen molar-refractivity contribution in [3.05, 3.63) is 72.2 Å². The number of hydrogen-bond donors (Lipinski definition) is 1. The summed E-state index contributed by atoms with van der Waals surface area (Å²) < 4.78 is 7.65. The lowest BCUT2D eigenvalue weighted by Crippen LogP contribution is -2.23. The Morgan fingerprint density at radius 3 is 2.81 bits per heavy atom. The first kappa shape index (κ1) is 15.2. The molecule has 128 valence electrons. The summed E-state index contributed by atoms with van der Waals surface area (Å²) in [6.45, 7) is 0.710. The molecule has 1 N–H and O–H groups in total. The van der Waals surface area contributed by atoms with Gasteiger partial charge >= 0.3 is 0 Å². The molecule has 4 aromatic rings. The molecule has 26 heavy (non-hydrogen) atoms. The quantitative estimate of drug-likeness (QED) is 0.596. The van der Waals surface area contributed by atoms with E-state index < -0.39 is 0 Å². The van der Waals surface area contributed by atoms with Crippen LogP contribution >= 0.6 is 11.8 Å². The van der Waals surface area contributed by atoms with Crippen molar-refractivity contribution in [3.63, 3.8) is 0 Å². The average molecular weight is 361 g/mol. The molecule has 0 atom stereocenters. The van der Waals surface area contributed by atoms with Gasteiger partial charge in [0.1, 0.15) is 5.52 Å². The fourth-order valence-corrected chi connectivity index (χ4v) is 3.59. The number of para-hydroxylation sites is 3. The molecule has 0 fully saturated rings. The molecule has 2 aromatic carbocycles. The van der Waals surface area contributed by atoms with Crippen molar-refractivity contribution in [1.29, 1.82) is 0 Å². The van der Waals surface area contributed by atoms with Crippen LogP contribution in [0.5, 0.6) is 0 Å². The molecule has 0 bridgehead atoms. The number of aliphatic imine (C=N–C) groups is 1. The maximum atomic E-state index is 5.77. The lowest BCUT2D eigenvalue weighted by Gasteiger charge is -2.15. The molecule has 6 nitrogen and oxygen atoms in total. The summed E-state index contributed by atoms with van der Waals surface area (Å²) in [7, 11) is 0. The van der Waals surface area contributed by atoms with Crippen LogP contribution in [-0.2, 0) is 12.3 Å². The molecule has 1 aliphatic rings. The molecule has 0 radical (unpaired) electrons. The van der Waals surface area contributed by atoms with E-state index in [0.29, 0.717) is 18.2 Å². The van der Waals surface area contributed by atoms with E-state index in [1.807, 2.05) is 65.5 Å². The molecule has 0 spiro atoms. The minimum absolute atomic E-state index is 0.620. The highest BCUT2D eigenvalue weighted by molar-refractivity contribution is 8.13. The molecule has 5 rings (SSSR count). The van der Waals surface area contributed by atoms with Gasteiger partial charge in [0, 0.05) is 12.1 Å². The number of nitrogens with one attached hydrogen (secondary N) is 1. The van der Waals surface area contributed by atoms with Gasteiger partial charge in [-0.1, -0.05) is 42.1 Å². The Bertz CT molecular complexity index is 1070. The van der Waals surface area contributed by atoms with Gasteiger partial charge in [-0.2, -0.15) is 5.10 Å². The van der Waals surface area contributed by atoms with Gasteiger partial charge in [-0.15, -0.1) is 0 Å². The number of benzene rings is 2. The van der Waals surface area contributed by atoms with Crippen molar-refractivity contribution in [2.24, 2.45) is 4.99 Å².